The molecule has 0 bridgehead atoms. The first-order chi connectivity index (χ1) is 10.5. The van der Waals surface area contributed by atoms with Gasteiger partial charge in [0.05, 0.1) is 6.04 Å². The average molecular weight is 308 g/mol. The van der Waals surface area contributed by atoms with Crippen molar-refractivity contribution >= 4 is 18.2 Å². The SMILES string of the molecule is O=C(N[C@H]1C[C@@H](C(=O)O)N(C(=O)O)C1)OCc1ccccc1. The number of likely N-dealkylation sites (tertiary alicyclic amines) is 1. The predicted octanol–water partition coefficient (Wildman–Crippen LogP) is 1.12. The van der Waals surface area contributed by atoms with Gasteiger partial charge in [0.25, 0.3) is 0 Å². The van der Waals surface area contributed by atoms with Crippen LogP contribution in [0.4, 0.5) is 9.59 Å². The van der Waals surface area contributed by atoms with Crippen LogP contribution in [0.3, 0.4) is 0 Å². The van der Waals surface area contributed by atoms with Crippen LogP contribution in [0, 0.1) is 0 Å². The number of amides is 2. The average Bonchev–Trinajstić information content (AvgIpc) is 2.90. The zero-order valence-corrected chi connectivity index (χ0v) is 11.6. The lowest BCUT2D eigenvalue weighted by Crippen LogP contribution is -2.40. The molecule has 0 spiro atoms. The second-order valence-electron chi connectivity index (χ2n) is 4.93. The number of carbonyl (C=O) groups excluding carboxylic acids is 1. The van der Waals surface area contributed by atoms with Gasteiger partial charge in [0.2, 0.25) is 0 Å². The molecular weight excluding hydrogens is 292 g/mol. The molecule has 0 radical (unpaired) electrons. The van der Waals surface area contributed by atoms with Crippen LogP contribution in [-0.4, -0.2) is 51.9 Å². The molecule has 0 aromatic heterocycles. The molecule has 1 aromatic carbocycles. The number of carboxylic acid groups (broad SMARTS) is 2. The van der Waals surface area contributed by atoms with Crippen LogP contribution >= 0.6 is 0 Å². The summed E-state index contributed by atoms with van der Waals surface area (Å²) in [6, 6.07) is 7.34. The molecule has 2 rings (SSSR count). The monoisotopic (exact) mass is 308 g/mol. The summed E-state index contributed by atoms with van der Waals surface area (Å²) in [7, 11) is 0. The molecule has 0 saturated carbocycles. The number of benzene rings is 1. The minimum atomic E-state index is -1.32. The van der Waals surface area contributed by atoms with Crippen molar-refractivity contribution in [3.63, 3.8) is 0 Å². The summed E-state index contributed by atoms with van der Waals surface area (Å²) in [4.78, 5) is 34.5. The minimum Gasteiger partial charge on any atom is -0.480 e. The third kappa shape index (κ3) is 3.87. The third-order valence-corrected chi connectivity index (χ3v) is 3.37. The van der Waals surface area contributed by atoms with Crippen molar-refractivity contribution in [2.45, 2.75) is 25.1 Å². The van der Waals surface area contributed by atoms with Crippen LogP contribution in [0.2, 0.25) is 0 Å². The molecule has 1 fully saturated rings. The minimum absolute atomic E-state index is 0.0159. The Labute approximate surface area is 126 Å². The lowest BCUT2D eigenvalue weighted by molar-refractivity contribution is -0.141. The summed E-state index contributed by atoms with van der Waals surface area (Å²) < 4.78 is 5.02. The maximum Gasteiger partial charge on any atom is 0.408 e. The van der Waals surface area contributed by atoms with Gasteiger partial charge in [-0.25, -0.2) is 14.4 Å². The van der Waals surface area contributed by atoms with Gasteiger partial charge in [-0.15, -0.1) is 0 Å². The molecule has 8 nitrogen and oxygen atoms in total. The van der Waals surface area contributed by atoms with Gasteiger partial charge in [-0.3, -0.25) is 4.90 Å². The number of aliphatic carboxylic acids is 1. The summed E-state index contributed by atoms with van der Waals surface area (Å²) in [5, 5.41) is 20.4. The Hall–Kier alpha value is -2.77. The molecule has 2 amide bonds. The first-order valence-corrected chi connectivity index (χ1v) is 6.67. The van der Waals surface area contributed by atoms with Gasteiger partial charge in [-0.2, -0.15) is 0 Å². The van der Waals surface area contributed by atoms with Gasteiger partial charge in [-0.05, 0) is 5.56 Å². The van der Waals surface area contributed by atoms with E-state index in [-0.39, 0.29) is 19.6 Å². The Kier molecular flexibility index (Phi) is 4.82. The van der Waals surface area contributed by atoms with Crippen LogP contribution in [-0.2, 0) is 16.1 Å². The predicted molar refractivity (Wildman–Crippen MR) is 74.3 cm³/mol. The van der Waals surface area contributed by atoms with E-state index in [0.29, 0.717) is 0 Å². The first kappa shape index (κ1) is 15.6. The van der Waals surface area contributed by atoms with Crippen molar-refractivity contribution in [2.24, 2.45) is 0 Å². The van der Waals surface area contributed by atoms with Crippen molar-refractivity contribution in [1.82, 2.24) is 10.2 Å². The highest BCUT2D eigenvalue weighted by molar-refractivity contribution is 5.80. The van der Waals surface area contributed by atoms with E-state index in [1.165, 1.54) is 0 Å². The number of nitrogens with one attached hydrogen (secondary N) is 1. The molecule has 0 unspecified atom stereocenters. The maximum absolute atomic E-state index is 11.7. The molecule has 2 atom stereocenters. The number of hydrogen-bond donors (Lipinski definition) is 3. The summed E-state index contributed by atoms with van der Waals surface area (Å²) in [6.45, 7) is 0.0110. The Morgan fingerprint density at radius 2 is 1.91 bits per heavy atom. The number of nitrogens with zero attached hydrogens (tertiary/aromatic N) is 1. The van der Waals surface area contributed by atoms with Crippen LogP contribution in [0.25, 0.3) is 0 Å². The molecule has 118 valence electrons. The van der Waals surface area contributed by atoms with E-state index in [1.807, 2.05) is 18.2 Å². The summed E-state index contributed by atoms with van der Waals surface area (Å²) >= 11 is 0. The van der Waals surface area contributed by atoms with Crippen molar-refractivity contribution in [3.05, 3.63) is 35.9 Å². The Bertz CT molecular complexity index is 540. The second kappa shape index (κ2) is 6.79. The zero-order valence-electron chi connectivity index (χ0n) is 11.6. The summed E-state index contributed by atoms with van der Waals surface area (Å²) in [5.74, 6) is -1.23. The Balaban J connectivity index is 1.84. The van der Waals surface area contributed by atoms with Gasteiger partial charge < -0.3 is 20.3 Å². The van der Waals surface area contributed by atoms with Crippen LogP contribution in [0.15, 0.2) is 30.3 Å². The van der Waals surface area contributed by atoms with Gasteiger partial charge in [-0.1, -0.05) is 30.3 Å². The van der Waals surface area contributed by atoms with E-state index in [0.717, 1.165) is 10.5 Å². The summed E-state index contributed by atoms with van der Waals surface area (Å²) in [5.41, 5.74) is 0.819. The molecule has 0 aliphatic carbocycles. The molecule has 22 heavy (non-hydrogen) atoms. The standard InChI is InChI=1S/C14H16N2O6/c17-12(18)11-6-10(7-16(11)14(20)21)15-13(19)22-8-9-4-2-1-3-5-9/h1-5,10-11H,6-8H2,(H,15,19)(H,17,18)(H,20,21)/t10-,11-/m0/s1. The van der Waals surface area contributed by atoms with Crippen molar-refractivity contribution in [2.75, 3.05) is 6.54 Å². The van der Waals surface area contributed by atoms with Crippen LogP contribution in [0.1, 0.15) is 12.0 Å². The molecule has 1 aliphatic heterocycles. The molecule has 3 N–H and O–H groups in total. The maximum atomic E-state index is 11.7. The highest BCUT2D eigenvalue weighted by Gasteiger charge is 2.40. The molecule has 1 aromatic rings. The third-order valence-electron chi connectivity index (χ3n) is 3.37. The van der Waals surface area contributed by atoms with E-state index in [1.54, 1.807) is 12.1 Å². The number of alkyl carbamates (subject to hydrolysis) is 1. The summed E-state index contributed by atoms with van der Waals surface area (Å²) in [6.07, 6.45) is -2.01. The molecule has 1 aliphatic rings. The van der Waals surface area contributed by atoms with Gasteiger partial charge in [0.1, 0.15) is 12.6 Å². The fourth-order valence-corrected chi connectivity index (χ4v) is 2.32. The largest absolute Gasteiger partial charge is 0.480 e. The van der Waals surface area contributed by atoms with E-state index in [2.05, 4.69) is 5.32 Å². The van der Waals surface area contributed by atoms with E-state index < -0.39 is 30.2 Å². The first-order valence-electron chi connectivity index (χ1n) is 6.67. The van der Waals surface area contributed by atoms with Crippen molar-refractivity contribution in [1.29, 1.82) is 0 Å². The van der Waals surface area contributed by atoms with E-state index >= 15 is 0 Å². The van der Waals surface area contributed by atoms with Crippen LogP contribution < -0.4 is 5.32 Å². The quantitative estimate of drug-likeness (QED) is 0.767. The second-order valence-corrected chi connectivity index (χ2v) is 4.93. The zero-order chi connectivity index (χ0) is 16.1. The number of rotatable bonds is 4. The van der Waals surface area contributed by atoms with E-state index in [9.17, 15) is 14.4 Å². The van der Waals surface area contributed by atoms with E-state index in [4.69, 9.17) is 14.9 Å². The normalized spacial score (nSPS) is 20.5. The topological polar surface area (TPSA) is 116 Å². The Morgan fingerprint density at radius 1 is 1.23 bits per heavy atom. The fraction of sp³-hybridized carbons (Fsp3) is 0.357. The van der Waals surface area contributed by atoms with Gasteiger partial charge >= 0.3 is 18.2 Å². The van der Waals surface area contributed by atoms with Crippen molar-refractivity contribution in [3.8, 4) is 0 Å². The molecule has 1 heterocycles. The number of hydrogen-bond acceptors (Lipinski definition) is 4. The number of carbonyl (C=O) groups is 3. The van der Waals surface area contributed by atoms with Gasteiger partial charge in [0.15, 0.2) is 0 Å². The number of carboxylic acids is 1. The molecular formula is C14H16N2O6. The van der Waals surface area contributed by atoms with Gasteiger partial charge in [0, 0.05) is 13.0 Å². The lowest BCUT2D eigenvalue weighted by atomic mass is 10.2. The van der Waals surface area contributed by atoms with Crippen LogP contribution in [0.5, 0.6) is 0 Å². The smallest absolute Gasteiger partial charge is 0.408 e. The lowest BCUT2D eigenvalue weighted by Gasteiger charge is -2.16. The van der Waals surface area contributed by atoms with Crippen molar-refractivity contribution < 1.29 is 29.3 Å². The highest BCUT2D eigenvalue weighted by Crippen LogP contribution is 2.18. The fourth-order valence-electron chi connectivity index (χ4n) is 2.32. The molecule has 8 heteroatoms. The number of ether oxygens (including phenoxy) is 1. The highest BCUT2D eigenvalue weighted by atomic mass is 16.5. The Morgan fingerprint density at radius 3 is 2.45 bits per heavy atom. The molecule has 1 saturated heterocycles.